The quantitative estimate of drug-likeness (QED) is 0.288. The van der Waals surface area contributed by atoms with Crippen LogP contribution in [0.4, 0.5) is 0 Å². The Morgan fingerprint density at radius 1 is 0.526 bits per heavy atom. The summed E-state index contributed by atoms with van der Waals surface area (Å²) in [6, 6.07) is 0. The van der Waals surface area contributed by atoms with Crippen LogP contribution in [0.5, 0.6) is 0 Å². The third-order valence-electron chi connectivity index (χ3n) is 4.64. The van der Waals surface area contributed by atoms with E-state index < -0.39 is 0 Å². The van der Waals surface area contributed by atoms with Crippen LogP contribution < -0.4 is 0 Å². The van der Waals surface area contributed by atoms with Gasteiger partial charge in [0.1, 0.15) is 0 Å². The molecule has 1 unspecified atom stereocenters. The zero-order valence-corrected chi connectivity index (χ0v) is 14.3. The molecule has 0 spiro atoms. The second-order valence-electron chi connectivity index (χ2n) is 6.51. The lowest BCUT2D eigenvalue weighted by Gasteiger charge is -2.23. The molecule has 0 nitrogen and oxygen atoms in total. The number of hydrogen-bond acceptors (Lipinski definition) is 0. The molecule has 1 atom stereocenters. The molecule has 0 radical (unpaired) electrons. The highest BCUT2D eigenvalue weighted by molar-refractivity contribution is 4.67. The minimum Gasteiger partial charge on any atom is -0.0654 e. The van der Waals surface area contributed by atoms with E-state index in [1.807, 2.05) is 0 Å². The second-order valence-corrected chi connectivity index (χ2v) is 6.51. The van der Waals surface area contributed by atoms with Crippen LogP contribution >= 0.6 is 0 Å². The summed E-state index contributed by atoms with van der Waals surface area (Å²) < 4.78 is 0. The zero-order valence-electron chi connectivity index (χ0n) is 14.3. The van der Waals surface area contributed by atoms with E-state index in [4.69, 9.17) is 0 Å². The van der Waals surface area contributed by atoms with Crippen molar-refractivity contribution in [3.63, 3.8) is 0 Å². The molecule has 0 amide bonds. The van der Waals surface area contributed by atoms with Crippen molar-refractivity contribution >= 4 is 0 Å². The first-order valence-electron chi connectivity index (χ1n) is 9.28. The van der Waals surface area contributed by atoms with E-state index in [1.165, 1.54) is 83.5 Å². The van der Waals surface area contributed by atoms with Gasteiger partial charge in [0.25, 0.3) is 0 Å². The Morgan fingerprint density at radius 2 is 1.05 bits per heavy atom. The average molecular weight is 269 g/mol. The molecule has 0 heterocycles. The monoisotopic (exact) mass is 268 g/mol. The van der Waals surface area contributed by atoms with Crippen molar-refractivity contribution in [1.82, 2.24) is 0 Å². The summed E-state index contributed by atoms with van der Waals surface area (Å²) in [5, 5.41) is 0. The molecule has 19 heavy (non-hydrogen) atoms. The predicted octanol–water partition coefficient (Wildman–Crippen LogP) is 7.37. The predicted molar refractivity (Wildman–Crippen MR) is 89.7 cm³/mol. The number of rotatable bonds is 14. The maximum Gasteiger partial charge on any atom is -0.0412 e. The molecule has 0 saturated heterocycles. The van der Waals surface area contributed by atoms with E-state index >= 15 is 0 Å². The van der Waals surface area contributed by atoms with Gasteiger partial charge in [0, 0.05) is 0 Å². The van der Waals surface area contributed by atoms with Crippen LogP contribution in [-0.4, -0.2) is 0 Å². The molecule has 0 rings (SSSR count). The molecule has 0 aromatic carbocycles. The van der Waals surface area contributed by atoms with E-state index in [0.717, 1.165) is 11.8 Å². The molecule has 0 saturated carbocycles. The molecule has 0 heteroatoms. The van der Waals surface area contributed by atoms with Crippen LogP contribution in [0.15, 0.2) is 0 Å². The first-order valence-corrected chi connectivity index (χ1v) is 9.28. The topological polar surface area (TPSA) is 0 Å². The summed E-state index contributed by atoms with van der Waals surface area (Å²) in [4.78, 5) is 0. The van der Waals surface area contributed by atoms with E-state index in [9.17, 15) is 0 Å². The summed E-state index contributed by atoms with van der Waals surface area (Å²) in [7, 11) is 0. The Balaban J connectivity index is 3.95. The van der Waals surface area contributed by atoms with E-state index in [1.54, 1.807) is 0 Å². The van der Waals surface area contributed by atoms with Gasteiger partial charge in [0.05, 0.1) is 0 Å². The normalized spacial score (nSPS) is 13.1. The van der Waals surface area contributed by atoms with E-state index in [-0.39, 0.29) is 0 Å². The Labute approximate surface area is 123 Å². The van der Waals surface area contributed by atoms with Crippen LogP contribution in [0.1, 0.15) is 111 Å². The van der Waals surface area contributed by atoms with Crippen molar-refractivity contribution in [2.75, 3.05) is 0 Å². The van der Waals surface area contributed by atoms with Crippen molar-refractivity contribution in [3.05, 3.63) is 0 Å². The first-order chi connectivity index (χ1) is 9.28. The molecule has 0 N–H and O–H groups in total. The van der Waals surface area contributed by atoms with Crippen LogP contribution in [0.3, 0.4) is 0 Å². The van der Waals surface area contributed by atoms with Gasteiger partial charge in [-0.25, -0.2) is 0 Å². The van der Waals surface area contributed by atoms with Gasteiger partial charge in [-0.1, -0.05) is 105 Å². The summed E-state index contributed by atoms with van der Waals surface area (Å²) in [5.41, 5.74) is 0. The summed E-state index contributed by atoms with van der Waals surface area (Å²) in [6.45, 7) is 9.38. The molecule has 0 aromatic heterocycles. The standard InChI is InChI=1S/C19H40/c1-5-9-12-13-16-18(8-4)17-19(14-10-6-2)15-11-7-3/h18-19H,5-17H2,1-4H3. The number of hydrogen-bond donors (Lipinski definition) is 0. The van der Waals surface area contributed by atoms with Gasteiger partial charge >= 0.3 is 0 Å². The molecular formula is C19H40. The Kier molecular flexibility index (Phi) is 14.4. The zero-order chi connectivity index (χ0) is 14.3. The van der Waals surface area contributed by atoms with E-state index in [2.05, 4.69) is 27.7 Å². The summed E-state index contributed by atoms with van der Waals surface area (Å²) in [6.07, 6.45) is 18.8. The molecule has 0 aliphatic heterocycles. The highest BCUT2D eigenvalue weighted by atomic mass is 14.2. The van der Waals surface area contributed by atoms with Crippen molar-refractivity contribution < 1.29 is 0 Å². The third kappa shape index (κ3) is 11.5. The minimum absolute atomic E-state index is 1.01. The lowest BCUT2D eigenvalue weighted by Crippen LogP contribution is -2.09. The Morgan fingerprint density at radius 3 is 1.53 bits per heavy atom. The Bertz CT molecular complexity index is 153. The molecule has 0 fully saturated rings. The molecule has 0 bridgehead atoms. The SMILES string of the molecule is CCCCCCC(CC)CC(CCCC)CCCC. The number of unbranched alkanes of at least 4 members (excludes halogenated alkanes) is 5. The largest absolute Gasteiger partial charge is 0.0654 e. The van der Waals surface area contributed by atoms with Crippen LogP contribution in [0.2, 0.25) is 0 Å². The van der Waals surface area contributed by atoms with E-state index in [0.29, 0.717) is 0 Å². The van der Waals surface area contributed by atoms with Crippen LogP contribution in [-0.2, 0) is 0 Å². The fourth-order valence-electron chi connectivity index (χ4n) is 3.19. The third-order valence-corrected chi connectivity index (χ3v) is 4.64. The highest BCUT2D eigenvalue weighted by Crippen LogP contribution is 2.28. The van der Waals surface area contributed by atoms with Gasteiger partial charge in [0.15, 0.2) is 0 Å². The molecule has 0 aromatic rings. The minimum atomic E-state index is 1.01. The lowest BCUT2D eigenvalue weighted by molar-refractivity contribution is 0.298. The first kappa shape index (κ1) is 19.0. The van der Waals surface area contributed by atoms with Gasteiger partial charge in [0.2, 0.25) is 0 Å². The van der Waals surface area contributed by atoms with Gasteiger partial charge in [-0.05, 0) is 18.3 Å². The fraction of sp³-hybridized carbons (Fsp3) is 1.00. The average Bonchev–Trinajstić information content (AvgIpc) is 2.44. The van der Waals surface area contributed by atoms with Gasteiger partial charge in [-0.3, -0.25) is 0 Å². The molecule has 0 aliphatic carbocycles. The summed E-state index contributed by atoms with van der Waals surface area (Å²) in [5.74, 6) is 2.03. The van der Waals surface area contributed by atoms with Crippen molar-refractivity contribution in [1.29, 1.82) is 0 Å². The molecular weight excluding hydrogens is 228 g/mol. The summed E-state index contributed by atoms with van der Waals surface area (Å²) >= 11 is 0. The van der Waals surface area contributed by atoms with Gasteiger partial charge < -0.3 is 0 Å². The maximum atomic E-state index is 2.40. The maximum absolute atomic E-state index is 2.40. The van der Waals surface area contributed by atoms with Crippen LogP contribution in [0.25, 0.3) is 0 Å². The fourth-order valence-corrected chi connectivity index (χ4v) is 3.19. The Hall–Kier alpha value is 0. The van der Waals surface area contributed by atoms with Gasteiger partial charge in [-0.15, -0.1) is 0 Å². The molecule has 116 valence electrons. The van der Waals surface area contributed by atoms with Crippen molar-refractivity contribution in [2.24, 2.45) is 11.8 Å². The van der Waals surface area contributed by atoms with Crippen molar-refractivity contribution in [3.8, 4) is 0 Å². The second kappa shape index (κ2) is 14.4. The van der Waals surface area contributed by atoms with Crippen LogP contribution in [0, 0.1) is 11.8 Å². The highest BCUT2D eigenvalue weighted by Gasteiger charge is 2.14. The smallest absolute Gasteiger partial charge is 0.0412 e. The van der Waals surface area contributed by atoms with Crippen molar-refractivity contribution in [2.45, 2.75) is 111 Å². The lowest BCUT2D eigenvalue weighted by atomic mass is 9.83. The molecule has 0 aliphatic rings. The van der Waals surface area contributed by atoms with Gasteiger partial charge in [-0.2, -0.15) is 0 Å².